The maximum atomic E-state index is 12.1. The molecule has 0 unspecified atom stereocenters. The number of rotatable bonds is 9. The number of hydrogen-bond acceptors (Lipinski definition) is 9. The molecule has 0 radical (unpaired) electrons. The highest BCUT2D eigenvalue weighted by Crippen LogP contribution is 2.21. The van der Waals surface area contributed by atoms with Gasteiger partial charge in [0.2, 0.25) is 17.6 Å². The van der Waals surface area contributed by atoms with Crippen molar-refractivity contribution in [1.82, 2.24) is 25.7 Å². The third-order valence-electron chi connectivity index (χ3n) is 4.78. The number of amides is 1. The van der Waals surface area contributed by atoms with Crippen molar-refractivity contribution < 1.29 is 14.2 Å². The number of aromatic amines is 1. The van der Waals surface area contributed by atoms with Gasteiger partial charge in [0.15, 0.2) is 5.82 Å². The summed E-state index contributed by atoms with van der Waals surface area (Å²) >= 11 is 0. The van der Waals surface area contributed by atoms with Crippen LogP contribution in [0.3, 0.4) is 0 Å². The molecule has 0 aliphatic heterocycles. The van der Waals surface area contributed by atoms with E-state index in [9.17, 15) is 19.7 Å². The minimum absolute atomic E-state index is 0.0723. The quantitative estimate of drug-likeness (QED) is 0.197. The fraction of sp³-hybridized carbons (Fsp3) is 0.190. The van der Waals surface area contributed by atoms with Crippen LogP contribution >= 0.6 is 0 Å². The Bertz CT molecular complexity index is 1360. The molecule has 33 heavy (non-hydrogen) atoms. The summed E-state index contributed by atoms with van der Waals surface area (Å²) in [5.74, 6) is 0.804. The van der Waals surface area contributed by atoms with Gasteiger partial charge in [0.1, 0.15) is 0 Å². The predicted octanol–water partition coefficient (Wildman–Crippen LogP) is 2.04. The van der Waals surface area contributed by atoms with Crippen LogP contribution in [0.1, 0.15) is 12.3 Å². The molecule has 0 bridgehead atoms. The van der Waals surface area contributed by atoms with Crippen LogP contribution in [0.2, 0.25) is 0 Å². The number of carbonyl (C=O) groups is 1. The van der Waals surface area contributed by atoms with E-state index < -0.39 is 4.92 Å². The number of nitrogens with zero attached hydrogens (tertiary/aromatic N) is 4. The van der Waals surface area contributed by atoms with Gasteiger partial charge in [-0.25, -0.2) is 5.10 Å². The zero-order chi connectivity index (χ0) is 23.2. The van der Waals surface area contributed by atoms with Crippen molar-refractivity contribution in [3.05, 3.63) is 74.9 Å². The third kappa shape index (κ3) is 5.18. The maximum absolute atomic E-state index is 12.1. The molecule has 4 rings (SSSR count). The Labute approximate surface area is 186 Å². The smallest absolute Gasteiger partial charge is 0.272 e. The van der Waals surface area contributed by atoms with Crippen molar-refractivity contribution in [2.45, 2.75) is 12.8 Å². The van der Waals surface area contributed by atoms with Gasteiger partial charge in [0, 0.05) is 49.0 Å². The zero-order valence-electron chi connectivity index (χ0n) is 17.3. The lowest BCUT2D eigenvalue weighted by atomic mass is 10.2. The largest absolute Gasteiger partial charge is 0.366 e. The number of non-ortho nitro benzene ring substituents is 1. The first-order valence-corrected chi connectivity index (χ1v) is 10.1. The molecule has 3 N–H and O–H groups in total. The van der Waals surface area contributed by atoms with Gasteiger partial charge in [-0.15, -0.1) is 0 Å². The number of hydrogen-bond donors (Lipinski definition) is 3. The van der Waals surface area contributed by atoms with Gasteiger partial charge in [0.25, 0.3) is 11.2 Å². The van der Waals surface area contributed by atoms with Gasteiger partial charge in [-0.05, 0) is 6.07 Å². The molecule has 0 spiro atoms. The number of nitro groups is 1. The number of carbonyl (C=O) groups excluding carboxylic acids is 1. The van der Waals surface area contributed by atoms with Crippen LogP contribution in [0.4, 0.5) is 11.5 Å². The van der Waals surface area contributed by atoms with Crippen molar-refractivity contribution in [1.29, 1.82) is 0 Å². The van der Waals surface area contributed by atoms with Crippen LogP contribution < -0.4 is 16.2 Å². The van der Waals surface area contributed by atoms with Gasteiger partial charge in [-0.2, -0.15) is 10.1 Å². The van der Waals surface area contributed by atoms with E-state index >= 15 is 0 Å². The minimum atomic E-state index is -0.501. The van der Waals surface area contributed by atoms with Gasteiger partial charge >= 0.3 is 0 Å². The normalized spacial score (nSPS) is 10.8. The van der Waals surface area contributed by atoms with Crippen LogP contribution in [0.15, 0.2) is 57.8 Å². The van der Waals surface area contributed by atoms with Crippen LogP contribution in [0.25, 0.3) is 22.2 Å². The molecule has 0 aliphatic carbocycles. The summed E-state index contributed by atoms with van der Waals surface area (Å²) in [6.45, 7) is 0.753. The number of anilines is 1. The van der Waals surface area contributed by atoms with Crippen molar-refractivity contribution in [2.75, 3.05) is 18.4 Å². The van der Waals surface area contributed by atoms with Crippen molar-refractivity contribution >= 4 is 28.2 Å². The number of aryl methyl sites for hydroxylation is 1. The van der Waals surface area contributed by atoms with Crippen LogP contribution in [-0.2, 0) is 11.2 Å². The van der Waals surface area contributed by atoms with Gasteiger partial charge in [-0.3, -0.25) is 19.7 Å². The highest BCUT2D eigenvalue weighted by Gasteiger charge is 2.13. The summed E-state index contributed by atoms with van der Waals surface area (Å²) in [5, 5.41) is 28.3. The SMILES string of the molecule is O=C(CCc1nc(-c2cccc([N+](=O)[O-])c2)no1)NCCNc1n[nH]c(=O)c2ccccc12. The van der Waals surface area contributed by atoms with E-state index in [4.69, 9.17) is 4.52 Å². The highest BCUT2D eigenvalue weighted by molar-refractivity contribution is 5.90. The molecule has 12 nitrogen and oxygen atoms in total. The average Bonchev–Trinajstić information content (AvgIpc) is 3.31. The molecule has 0 aliphatic rings. The molecule has 0 fully saturated rings. The molecule has 168 valence electrons. The van der Waals surface area contributed by atoms with Crippen LogP contribution in [0, 0.1) is 10.1 Å². The summed E-state index contributed by atoms with van der Waals surface area (Å²) in [4.78, 5) is 38.5. The summed E-state index contributed by atoms with van der Waals surface area (Å²) < 4.78 is 5.14. The molecule has 2 aromatic heterocycles. The number of nitrogens with one attached hydrogen (secondary N) is 3. The molecule has 4 aromatic rings. The molecular formula is C21H19N7O5. The number of fused-ring (bicyclic) bond motifs is 1. The van der Waals surface area contributed by atoms with Gasteiger partial charge in [0.05, 0.1) is 10.3 Å². The summed E-state index contributed by atoms with van der Waals surface area (Å²) in [6.07, 6.45) is 0.365. The second kappa shape index (κ2) is 9.68. The molecule has 1 amide bonds. The van der Waals surface area contributed by atoms with Crippen molar-refractivity contribution in [3.63, 3.8) is 0 Å². The molecule has 2 heterocycles. The molecule has 0 saturated carbocycles. The molecule has 12 heteroatoms. The predicted molar refractivity (Wildman–Crippen MR) is 119 cm³/mol. The van der Waals surface area contributed by atoms with E-state index in [1.165, 1.54) is 18.2 Å². The molecule has 2 aromatic carbocycles. The summed E-state index contributed by atoms with van der Waals surface area (Å²) in [6, 6.07) is 13.0. The lowest BCUT2D eigenvalue weighted by Gasteiger charge is -2.08. The lowest BCUT2D eigenvalue weighted by molar-refractivity contribution is -0.384. The van der Waals surface area contributed by atoms with Gasteiger partial charge < -0.3 is 15.2 Å². The Kier molecular flexibility index (Phi) is 6.34. The molecule has 0 saturated heterocycles. The van der Waals surface area contributed by atoms with E-state index in [2.05, 4.69) is 31.0 Å². The topological polar surface area (TPSA) is 169 Å². The van der Waals surface area contributed by atoms with E-state index in [1.54, 1.807) is 24.3 Å². The van der Waals surface area contributed by atoms with E-state index in [1.807, 2.05) is 6.07 Å². The third-order valence-corrected chi connectivity index (χ3v) is 4.78. The Hall–Kier alpha value is -4.61. The molecule has 0 atom stereocenters. The average molecular weight is 449 g/mol. The number of nitro benzene ring substituents is 1. The highest BCUT2D eigenvalue weighted by atomic mass is 16.6. The second-order valence-electron chi connectivity index (χ2n) is 7.04. The maximum Gasteiger partial charge on any atom is 0.272 e. The van der Waals surface area contributed by atoms with Crippen LogP contribution in [0.5, 0.6) is 0 Å². The fourth-order valence-electron chi connectivity index (χ4n) is 3.17. The fourth-order valence-corrected chi connectivity index (χ4v) is 3.17. The standard InChI is InChI=1S/C21H19N7O5/c29-17(22-10-11-23-20-15-6-1-2-7-16(15)21(30)26-25-20)8-9-18-24-19(27-33-18)13-4-3-5-14(12-13)28(31)32/h1-7,12H,8-11H2,(H,22,29)(H,23,25)(H,26,30). The van der Waals surface area contributed by atoms with E-state index in [0.29, 0.717) is 35.2 Å². The zero-order valence-corrected chi connectivity index (χ0v) is 17.3. The number of aromatic nitrogens is 4. The first kappa shape index (κ1) is 21.6. The van der Waals surface area contributed by atoms with Gasteiger partial charge in [-0.1, -0.05) is 35.5 Å². The lowest BCUT2D eigenvalue weighted by Crippen LogP contribution is -2.29. The Balaban J connectivity index is 1.25. The van der Waals surface area contributed by atoms with Crippen molar-refractivity contribution in [3.8, 4) is 11.4 Å². The van der Waals surface area contributed by atoms with Crippen molar-refractivity contribution in [2.24, 2.45) is 0 Å². The Morgan fingerprint density at radius 3 is 2.76 bits per heavy atom. The van der Waals surface area contributed by atoms with E-state index in [0.717, 1.165) is 0 Å². The first-order valence-electron chi connectivity index (χ1n) is 10.1. The number of H-pyrrole nitrogens is 1. The summed E-state index contributed by atoms with van der Waals surface area (Å²) in [7, 11) is 0. The number of benzene rings is 2. The second-order valence-corrected chi connectivity index (χ2v) is 7.04. The Morgan fingerprint density at radius 2 is 1.94 bits per heavy atom. The monoisotopic (exact) mass is 449 g/mol. The minimum Gasteiger partial charge on any atom is -0.366 e. The molecular weight excluding hydrogens is 430 g/mol. The first-order chi connectivity index (χ1) is 16.0. The van der Waals surface area contributed by atoms with E-state index in [-0.39, 0.29) is 41.7 Å². The Morgan fingerprint density at radius 1 is 1.12 bits per heavy atom. The van der Waals surface area contributed by atoms with Crippen LogP contribution in [-0.4, -0.2) is 44.3 Å². The summed E-state index contributed by atoms with van der Waals surface area (Å²) in [5.41, 5.74) is 0.120.